The lowest BCUT2D eigenvalue weighted by Crippen LogP contribution is -2.51. The van der Waals surface area contributed by atoms with Crippen LogP contribution in [-0.4, -0.2) is 52.7 Å². The van der Waals surface area contributed by atoms with Gasteiger partial charge in [-0.2, -0.15) is 0 Å². The number of carboxylic acids is 1. The monoisotopic (exact) mass is 462 g/mol. The third-order valence-electron chi connectivity index (χ3n) is 7.68. The molecule has 2 N–H and O–H groups in total. The van der Waals surface area contributed by atoms with Crippen molar-refractivity contribution in [2.75, 3.05) is 13.2 Å². The van der Waals surface area contributed by atoms with Crippen molar-refractivity contribution in [1.82, 2.24) is 10.2 Å². The molecule has 2 unspecified atom stereocenters. The topological polar surface area (TPSA) is 95.9 Å². The Bertz CT molecular complexity index is 1080. The van der Waals surface area contributed by atoms with Gasteiger partial charge in [0.2, 0.25) is 5.91 Å². The molecule has 34 heavy (non-hydrogen) atoms. The highest BCUT2D eigenvalue weighted by molar-refractivity contribution is 5.82. The standard InChI is InChI=1S/C27H30N2O5/c1-17-18(25(31)32)11-6-14-29(17)24(30)15-27(12-13-27)28-26(33)34-16-23-21-9-4-2-7-19(21)20-8-3-5-10-22(20)23/h2-5,7-10,17-18,23H,6,11-16H2,1H3,(H,28,33)(H,31,32). The van der Waals surface area contributed by atoms with Crippen molar-refractivity contribution in [2.24, 2.45) is 5.92 Å². The summed E-state index contributed by atoms with van der Waals surface area (Å²) in [7, 11) is 0. The van der Waals surface area contributed by atoms with Crippen molar-refractivity contribution < 1.29 is 24.2 Å². The van der Waals surface area contributed by atoms with Crippen molar-refractivity contribution in [3.05, 3.63) is 59.7 Å². The van der Waals surface area contributed by atoms with E-state index in [0.717, 1.165) is 11.1 Å². The molecule has 1 saturated heterocycles. The number of ether oxygens (including phenoxy) is 1. The number of likely N-dealkylation sites (tertiary alicyclic amines) is 1. The number of benzene rings is 2. The van der Waals surface area contributed by atoms with Gasteiger partial charge in [0.15, 0.2) is 0 Å². The maximum Gasteiger partial charge on any atom is 0.407 e. The number of nitrogens with one attached hydrogen (secondary N) is 1. The maximum absolute atomic E-state index is 13.0. The summed E-state index contributed by atoms with van der Waals surface area (Å²) in [6.45, 7) is 2.59. The number of rotatable bonds is 6. The molecule has 5 rings (SSSR count). The Kier molecular flexibility index (Phi) is 5.80. The van der Waals surface area contributed by atoms with Crippen LogP contribution in [0.1, 0.15) is 56.1 Å². The fraction of sp³-hybridized carbons (Fsp3) is 0.444. The average molecular weight is 463 g/mol. The van der Waals surface area contributed by atoms with E-state index in [2.05, 4.69) is 29.6 Å². The lowest BCUT2D eigenvalue weighted by atomic mass is 9.90. The molecule has 1 aliphatic heterocycles. The summed E-state index contributed by atoms with van der Waals surface area (Å²) in [6.07, 6.45) is 2.36. The molecule has 3 aliphatic rings. The molecule has 0 aromatic heterocycles. The average Bonchev–Trinajstić information content (AvgIpc) is 3.49. The number of piperidine rings is 1. The zero-order chi connectivity index (χ0) is 23.9. The fourth-order valence-electron chi connectivity index (χ4n) is 5.56. The van der Waals surface area contributed by atoms with Crippen molar-refractivity contribution in [3.8, 4) is 11.1 Å². The molecule has 2 aromatic carbocycles. The smallest absolute Gasteiger partial charge is 0.407 e. The number of nitrogens with zero attached hydrogens (tertiary/aromatic N) is 1. The Morgan fingerprint density at radius 1 is 1.06 bits per heavy atom. The highest BCUT2D eigenvalue weighted by Gasteiger charge is 2.48. The van der Waals surface area contributed by atoms with E-state index >= 15 is 0 Å². The maximum atomic E-state index is 13.0. The zero-order valence-electron chi connectivity index (χ0n) is 19.3. The van der Waals surface area contributed by atoms with Crippen molar-refractivity contribution in [2.45, 2.75) is 56.5 Å². The molecule has 0 spiro atoms. The normalized spacial score (nSPS) is 22.4. The summed E-state index contributed by atoms with van der Waals surface area (Å²) in [5.74, 6) is -1.52. The predicted octanol–water partition coefficient (Wildman–Crippen LogP) is 4.16. The van der Waals surface area contributed by atoms with Gasteiger partial charge >= 0.3 is 12.1 Å². The number of hydrogen-bond acceptors (Lipinski definition) is 4. The number of fused-ring (bicyclic) bond motifs is 3. The summed E-state index contributed by atoms with van der Waals surface area (Å²) in [6, 6.07) is 16.0. The van der Waals surface area contributed by atoms with Gasteiger partial charge in [0.1, 0.15) is 6.61 Å². The van der Waals surface area contributed by atoms with Crippen LogP contribution in [0, 0.1) is 5.92 Å². The molecular formula is C27H30N2O5. The molecule has 2 fully saturated rings. The second-order valence-corrected chi connectivity index (χ2v) is 9.82. The SMILES string of the molecule is CC1C(C(=O)O)CCCN1C(=O)CC1(NC(=O)OCC2c3ccccc3-c3ccccc32)CC1. The summed E-state index contributed by atoms with van der Waals surface area (Å²) >= 11 is 0. The van der Waals surface area contributed by atoms with E-state index in [9.17, 15) is 19.5 Å². The third kappa shape index (κ3) is 4.15. The number of carboxylic acid groups (broad SMARTS) is 1. The summed E-state index contributed by atoms with van der Waals surface area (Å²) in [5.41, 5.74) is 4.06. The molecule has 0 radical (unpaired) electrons. The van der Waals surface area contributed by atoms with E-state index in [1.807, 2.05) is 24.3 Å². The van der Waals surface area contributed by atoms with Gasteiger partial charge < -0.3 is 20.1 Å². The van der Waals surface area contributed by atoms with Gasteiger partial charge in [0.25, 0.3) is 0 Å². The molecule has 1 heterocycles. The Morgan fingerprint density at radius 3 is 2.26 bits per heavy atom. The van der Waals surface area contributed by atoms with E-state index < -0.39 is 23.5 Å². The molecule has 2 atom stereocenters. The number of aliphatic carboxylic acids is 1. The van der Waals surface area contributed by atoms with Crippen LogP contribution >= 0.6 is 0 Å². The van der Waals surface area contributed by atoms with Crippen LogP contribution in [0.3, 0.4) is 0 Å². The molecular weight excluding hydrogens is 432 g/mol. The van der Waals surface area contributed by atoms with Gasteiger partial charge in [-0.05, 0) is 54.9 Å². The summed E-state index contributed by atoms with van der Waals surface area (Å²) in [5, 5.41) is 12.4. The van der Waals surface area contributed by atoms with Crippen LogP contribution in [0.25, 0.3) is 11.1 Å². The molecule has 178 valence electrons. The van der Waals surface area contributed by atoms with Gasteiger partial charge in [-0.25, -0.2) is 4.79 Å². The minimum Gasteiger partial charge on any atom is -0.481 e. The number of amides is 2. The highest BCUT2D eigenvalue weighted by Crippen LogP contribution is 2.45. The first-order valence-corrected chi connectivity index (χ1v) is 12.0. The first-order chi connectivity index (χ1) is 16.4. The molecule has 7 heteroatoms. The zero-order valence-corrected chi connectivity index (χ0v) is 19.3. The Labute approximate surface area is 199 Å². The lowest BCUT2D eigenvalue weighted by Gasteiger charge is -2.38. The quantitative estimate of drug-likeness (QED) is 0.672. The van der Waals surface area contributed by atoms with E-state index in [1.54, 1.807) is 11.8 Å². The van der Waals surface area contributed by atoms with Crippen molar-refractivity contribution in [3.63, 3.8) is 0 Å². The second kappa shape index (κ2) is 8.78. The Balaban J connectivity index is 1.19. The first-order valence-electron chi connectivity index (χ1n) is 12.0. The van der Waals surface area contributed by atoms with Crippen LogP contribution in [0.4, 0.5) is 4.79 Å². The van der Waals surface area contributed by atoms with E-state index in [-0.39, 0.29) is 30.9 Å². The van der Waals surface area contributed by atoms with E-state index in [4.69, 9.17) is 4.74 Å². The van der Waals surface area contributed by atoms with Crippen molar-refractivity contribution in [1.29, 1.82) is 0 Å². The number of alkyl carbamates (subject to hydrolysis) is 1. The summed E-state index contributed by atoms with van der Waals surface area (Å²) in [4.78, 5) is 38.9. The van der Waals surface area contributed by atoms with Crippen LogP contribution < -0.4 is 5.32 Å². The molecule has 0 bridgehead atoms. The molecule has 2 amide bonds. The Morgan fingerprint density at radius 2 is 1.68 bits per heavy atom. The van der Waals surface area contributed by atoms with Crippen LogP contribution in [0.2, 0.25) is 0 Å². The first kappa shape index (κ1) is 22.4. The van der Waals surface area contributed by atoms with Gasteiger partial charge in [-0.3, -0.25) is 9.59 Å². The largest absolute Gasteiger partial charge is 0.481 e. The van der Waals surface area contributed by atoms with E-state index in [1.165, 1.54) is 11.1 Å². The van der Waals surface area contributed by atoms with Crippen LogP contribution in [0.15, 0.2) is 48.5 Å². The van der Waals surface area contributed by atoms with Crippen LogP contribution in [-0.2, 0) is 14.3 Å². The Hall–Kier alpha value is -3.35. The minimum atomic E-state index is -0.858. The fourth-order valence-corrected chi connectivity index (χ4v) is 5.56. The number of hydrogen-bond donors (Lipinski definition) is 2. The molecule has 1 saturated carbocycles. The second-order valence-electron chi connectivity index (χ2n) is 9.82. The van der Waals surface area contributed by atoms with E-state index in [0.29, 0.717) is 32.2 Å². The van der Waals surface area contributed by atoms with Gasteiger partial charge in [-0.15, -0.1) is 0 Å². The number of carbonyl (C=O) groups excluding carboxylic acids is 2. The summed E-state index contributed by atoms with van der Waals surface area (Å²) < 4.78 is 5.66. The third-order valence-corrected chi connectivity index (χ3v) is 7.68. The molecule has 2 aromatic rings. The molecule has 7 nitrogen and oxygen atoms in total. The van der Waals surface area contributed by atoms with Gasteiger partial charge in [-0.1, -0.05) is 48.5 Å². The lowest BCUT2D eigenvalue weighted by molar-refractivity contribution is -0.149. The van der Waals surface area contributed by atoms with Crippen LogP contribution in [0.5, 0.6) is 0 Å². The number of carbonyl (C=O) groups is 3. The predicted molar refractivity (Wildman–Crippen MR) is 126 cm³/mol. The highest BCUT2D eigenvalue weighted by atomic mass is 16.5. The molecule has 2 aliphatic carbocycles. The van der Waals surface area contributed by atoms with Gasteiger partial charge in [0.05, 0.1) is 17.9 Å². The van der Waals surface area contributed by atoms with Crippen molar-refractivity contribution >= 4 is 18.0 Å². The van der Waals surface area contributed by atoms with Gasteiger partial charge in [0, 0.05) is 18.5 Å². The minimum absolute atomic E-state index is 0.0166.